The number of aromatic nitrogens is 4. The van der Waals surface area contributed by atoms with Crippen LogP contribution in [-0.2, 0) is 43.6 Å². The molecule has 13 nitrogen and oxygen atoms in total. The van der Waals surface area contributed by atoms with Crippen LogP contribution in [0.2, 0.25) is 0 Å². The molecule has 1 unspecified atom stereocenters. The third-order valence-electron chi connectivity index (χ3n) is 8.38. The fraction of sp³-hybridized carbons (Fsp3) is 0.324. The second kappa shape index (κ2) is 16.5. The lowest BCUT2D eigenvalue weighted by Crippen LogP contribution is -2.50. The van der Waals surface area contributed by atoms with E-state index < -0.39 is 36.5 Å². The number of amides is 2. The highest BCUT2D eigenvalue weighted by molar-refractivity contribution is 5.97. The number of hydrogen-bond donors (Lipinski definition) is 3. The van der Waals surface area contributed by atoms with Gasteiger partial charge in [0.2, 0.25) is 0 Å². The van der Waals surface area contributed by atoms with Gasteiger partial charge in [-0.15, -0.1) is 0 Å². The molecule has 3 N–H and O–H groups in total. The average molecular weight is 681 g/mol. The molecule has 6 rings (SSSR count). The quantitative estimate of drug-likeness (QED) is 0.148. The van der Waals surface area contributed by atoms with Crippen LogP contribution in [-0.4, -0.2) is 67.6 Å². The van der Waals surface area contributed by atoms with Gasteiger partial charge in [0.05, 0.1) is 38.4 Å². The van der Waals surface area contributed by atoms with Gasteiger partial charge in [-0.1, -0.05) is 97.9 Å². The van der Waals surface area contributed by atoms with Gasteiger partial charge in [0.15, 0.2) is 29.3 Å². The highest BCUT2D eigenvalue weighted by atomic mass is 16.6. The number of fused-ring (bicyclic) bond motifs is 1. The summed E-state index contributed by atoms with van der Waals surface area (Å²) in [6.45, 7) is 4.57. The lowest BCUT2D eigenvalue weighted by atomic mass is 9.95. The maximum atomic E-state index is 13.1. The molecule has 1 saturated heterocycles. The summed E-state index contributed by atoms with van der Waals surface area (Å²) in [6.07, 6.45) is 0.0735. The molecule has 0 radical (unpaired) electrons. The first-order chi connectivity index (χ1) is 24.4. The summed E-state index contributed by atoms with van der Waals surface area (Å²) in [4.78, 5) is 39.1. The minimum absolute atomic E-state index is 0.00755. The summed E-state index contributed by atoms with van der Waals surface area (Å²) in [5.74, 6) is -0.677. The number of aliphatic hydroxyl groups is 1. The molecule has 13 heteroatoms. The number of nitrogens with zero attached hydrogens (tertiary/aromatic N) is 4. The van der Waals surface area contributed by atoms with Crippen molar-refractivity contribution < 1.29 is 33.6 Å². The van der Waals surface area contributed by atoms with Gasteiger partial charge in [0.25, 0.3) is 0 Å². The van der Waals surface area contributed by atoms with E-state index in [0.29, 0.717) is 25.5 Å². The Morgan fingerprint density at radius 1 is 0.860 bits per heavy atom. The van der Waals surface area contributed by atoms with Crippen molar-refractivity contribution in [3.63, 3.8) is 0 Å². The Balaban J connectivity index is 1.20. The first-order valence-electron chi connectivity index (χ1n) is 16.4. The maximum Gasteiger partial charge on any atom is 0.331 e. The van der Waals surface area contributed by atoms with Gasteiger partial charge in [-0.05, 0) is 23.6 Å². The molecule has 6 atom stereocenters. The fourth-order valence-electron chi connectivity index (χ4n) is 5.74. The van der Waals surface area contributed by atoms with E-state index in [-0.39, 0.29) is 30.0 Å². The maximum absolute atomic E-state index is 13.1. The zero-order valence-electron chi connectivity index (χ0n) is 27.8. The summed E-state index contributed by atoms with van der Waals surface area (Å²) in [5.41, 5.74) is 3.49. The van der Waals surface area contributed by atoms with Crippen LogP contribution >= 0.6 is 0 Å². The van der Waals surface area contributed by atoms with Crippen molar-refractivity contribution in [1.29, 1.82) is 0 Å². The van der Waals surface area contributed by atoms with E-state index >= 15 is 0 Å². The molecule has 0 saturated carbocycles. The number of carbonyl (C=O) groups excluding carboxylic acids is 2. The van der Waals surface area contributed by atoms with Gasteiger partial charge >= 0.3 is 12.0 Å². The number of anilines is 1. The van der Waals surface area contributed by atoms with E-state index in [4.69, 9.17) is 18.9 Å². The van der Waals surface area contributed by atoms with Crippen LogP contribution in [0.3, 0.4) is 0 Å². The van der Waals surface area contributed by atoms with Crippen LogP contribution in [0, 0.1) is 5.92 Å². The van der Waals surface area contributed by atoms with E-state index in [0.717, 1.165) is 16.7 Å². The van der Waals surface area contributed by atoms with Gasteiger partial charge in [-0.3, -0.25) is 9.88 Å². The number of ether oxygens (including phenoxy) is 4. The Hall–Kier alpha value is -5.21. The van der Waals surface area contributed by atoms with E-state index in [9.17, 15) is 14.7 Å². The molecule has 0 bridgehead atoms. The van der Waals surface area contributed by atoms with Gasteiger partial charge in [-0.2, -0.15) is 0 Å². The van der Waals surface area contributed by atoms with Crippen LogP contribution < -0.4 is 10.6 Å². The number of urea groups is 1. The summed E-state index contributed by atoms with van der Waals surface area (Å²) in [6, 6.07) is 26.8. The number of aliphatic hydroxyl groups excluding tert-OH is 1. The molecule has 0 spiro atoms. The Labute approximate surface area is 289 Å². The van der Waals surface area contributed by atoms with Crippen molar-refractivity contribution in [3.05, 3.63) is 120 Å². The summed E-state index contributed by atoms with van der Waals surface area (Å²) >= 11 is 0. The monoisotopic (exact) mass is 680 g/mol. The molecular formula is C37H40N6O7. The van der Waals surface area contributed by atoms with Crippen molar-refractivity contribution in [3.8, 4) is 0 Å². The first-order valence-corrected chi connectivity index (χ1v) is 16.4. The van der Waals surface area contributed by atoms with Crippen LogP contribution in [0.4, 0.5) is 10.6 Å². The van der Waals surface area contributed by atoms with Crippen LogP contribution in [0.1, 0.15) is 36.8 Å². The van der Waals surface area contributed by atoms with Gasteiger partial charge < -0.3 is 29.4 Å². The molecule has 260 valence electrons. The summed E-state index contributed by atoms with van der Waals surface area (Å²) in [7, 11) is 0. The summed E-state index contributed by atoms with van der Waals surface area (Å²) < 4.78 is 26.6. The Morgan fingerprint density at radius 3 is 2.04 bits per heavy atom. The molecule has 1 aliphatic rings. The second-order valence-electron chi connectivity index (χ2n) is 12.2. The van der Waals surface area contributed by atoms with Crippen molar-refractivity contribution in [2.24, 2.45) is 5.92 Å². The third kappa shape index (κ3) is 8.50. The zero-order valence-corrected chi connectivity index (χ0v) is 27.8. The lowest BCUT2D eigenvalue weighted by molar-refractivity contribution is -0.226. The Kier molecular flexibility index (Phi) is 11.4. The molecule has 0 aliphatic carbocycles. The van der Waals surface area contributed by atoms with Gasteiger partial charge in [0.1, 0.15) is 19.0 Å². The van der Waals surface area contributed by atoms with E-state index in [1.807, 2.05) is 78.9 Å². The minimum Gasteiger partial charge on any atom is -0.459 e. The Morgan fingerprint density at radius 2 is 1.44 bits per heavy atom. The van der Waals surface area contributed by atoms with Crippen LogP contribution in [0.25, 0.3) is 11.2 Å². The first kappa shape index (κ1) is 34.6. The SMILES string of the molecule is C[C@@H]1CO[C@@H](n2cnc3c(NC(=O)N[C@H](C(=O)OCc4ccccc4)[C@@H](C)O)ncnc32)C(OCc2ccccc2)[C@H]1OCc1ccccc1. The molecule has 2 aromatic heterocycles. The van der Waals surface area contributed by atoms with Crippen LogP contribution in [0.15, 0.2) is 104 Å². The number of esters is 1. The molecule has 3 aromatic carbocycles. The smallest absolute Gasteiger partial charge is 0.331 e. The highest BCUT2D eigenvalue weighted by Crippen LogP contribution is 2.35. The van der Waals surface area contributed by atoms with Crippen molar-refractivity contribution in [2.45, 2.75) is 64.2 Å². The predicted molar refractivity (Wildman–Crippen MR) is 183 cm³/mol. The lowest BCUT2D eigenvalue weighted by Gasteiger charge is -2.41. The number of nitrogens with one attached hydrogen (secondary N) is 2. The molecule has 5 aromatic rings. The molecular weight excluding hydrogens is 640 g/mol. The molecule has 1 fully saturated rings. The largest absolute Gasteiger partial charge is 0.459 e. The fourth-order valence-corrected chi connectivity index (χ4v) is 5.74. The number of benzene rings is 3. The zero-order chi connectivity index (χ0) is 34.9. The average Bonchev–Trinajstić information content (AvgIpc) is 3.58. The number of rotatable bonds is 13. The van der Waals surface area contributed by atoms with Crippen molar-refractivity contribution in [2.75, 3.05) is 11.9 Å². The van der Waals surface area contributed by atoms with E-state index in [1.54, 1.807) is 23.0 Å². The number of imidazole rings is 1. The minimum atomic E-state index is -1.33. The predicted octanol–water partition coefficient (Wildman–Crippen LogP) is 4.78. The van der Waals surface area contributed by atoms with Crippen molar-refractivity contribution >= 4 is 29.0 Å². The van der Waals surface area contributed by atoms with Gasteiger partial charge in [-0.25, -0.2) is 24.5 Å². The third-order valence-corrected chi connectivity index (χ3v) is 8.38. The molecule has 2 amide bonds. The van der Waals surface area contributed by atoms with E-state index in [2.05, 4.69) is 32.5 Å². The molecule has 50 heavy (non-hydrogen) atoms. The Bertz CT molecular complexity index is 1840. The number of hydrogen-bond acceptors (Lipinski definition) is 10. The van der Waals surface area contributed by atoms with E-state index in [1.165, 1.54) is 13.3 Å². The highest BCUT2D eigenvalue weighted by Gasteiger charge is 2.42. The van der Waals surface area contributed by atoms with Crippen LogP contribution in [0.5, 0.6) is 0 Å². The topological polar surface area (TPSA) is 159 Å². The molecule has 1 aliphatic heterocycles. The standard InChI is InChI=1S/C37H40N6O7/c1-24-18-49-35(32(48-20-27-14-8-4-9-15-27)31(24)47-19-26-12-6-3-7-13-26)43-23-40-30-33(38-22-39-34(30)43)42-37(46)41-29(25(2)44)36(45)50-21-28-16-10-5-11-17-28/h3-17,22-25,29,31-32,35,44H,18-21H2,1-2H3,(H2,38,39,41,42,46)/t24-,25-,29+,31+,32?,35-/m1/s1. The van der Waals surface area contributed by atoms with Gasteiger partial charge in [0, 0.05) is 5.92 Å². The summed E-state index contributed by atoms with van der Waals surface area (Å²) in [5, 5.41) is 15.4. The normalized spacial score (nSPS) is 20.1. The van der Waals surface area contributed by atoms with Crippen molar-refractivity contribution in [1.82, 2.24) is 24.8 Å². The molecule has 3 heterocycles. The second-order valence-corrected chi connectivity index (χ2v) is 12.2. The number of carbonyl (C=O) groups is 2.